The molecule has 1 unspecified atom stereocenters. The molecular formula is C8H13N3O2. The molecule has 0 aliphatic rings. The maximum atomic E-state index is 11.3. The van der Waals surface area contributed by atoms with E-state index in [2.05, 4.69) is 10.1 Å². The normalized spacial score (nSPS) is 12.9. The molecule has 72 valence electrons. The quantitative estimate of drug-likeness (QED) is 0.650. The van der Waals surface area contributed by atoms with Crippen molar-refractivity contribution in [2.75, 3.05) is 0 Å². The SMILES string of the molecule is CC(C)OC(=O)C(C)n1cncn1. The van der Waals surface area contributed by atoms with Gasteiger partial charge >= 0.3 is 5.97 Å². The predicted octanol–water partition coefficient (Wildman–Crippen LogP) is 0.791. The number of rotatable bonds is 3. The van der Waals surface area contributed by atoms with Gasteiger partial charge in [0.1, 0.15) is 18.7 Å². The number of aromatic nitrogens is 3. The van der Waals surface area contributed by atoms with Gasteiger partial charge in [0.05, 0.1) is 6.10 Å². The van der Waals surface area contributed by atoms with Crippen molar-refractivity contribution in [3.05, 3.63) is 12.7 Å². The summed E-state index contributed by atoms with van der Waals surface area (Å²) < 4.78 is 6.47. The molecule has 0 spiro atoms. The maximum Gasteiger partial charge on any atom is 0.330 e. The van der Waals surface area contributed by atoms with Crippen LogP contribution in [0, 0.1) is 0 Å². The fourth-order valence-corrected chi connectivity index (χ4v) is 0.856. The van der Waals surface area contributed by atoms with E-state index in [0.717, 1.165) is 0 Å². The second-order valence-corrected chi connectivity index (χ2v) is 3.04. The van der Waals surface area contributed by atoms with Crippen LogP contribution in [0.4, 0.5) is 0 Å². The Morgan fingerprint density at radius 3 is 2.62 bits per heavy atom. The Bertz CT molecular complexity index is 269. The average Bonchev–Trinajstić information content (AvgIpc) is 2.53. The first-order valence-electron chi connectivity index (χ1n) is 4.16. The number of esters is 1. The second kappa shape index (κ2) is 4.02. The lowest BCUT2D eigenvalue weighted by Crippen LogP contribution is -2.22. The van der Waals surface area contributed by atoms with E-state index in [1.54, 1.807) is 6.92 Å². The van der Waals surface area contributed by atoms with Gasteiger partial charge in [0.25, 0.3) is 0 Å². The highest BCUT2D eigenvalue weighted by Crippen LogP contribution is 2.06. The highest BCUT2D eigenvalue weighted by Gasteiger charge is 2.17. The number of carbonyl (C=O) groups is 1. The van der Waals surface area contributed by atoms with Crippen LogP contribution in [-0.2, 0) is 9.53 Å². The Morgan fingerprint density at radius 1 is 1.46 bits per heavy atom. The van der Waals surface area contributed by atoms with Gasteiger partial charge in [0.2, 0.25) is 0 Å². The molecule has 0 aliphatic carbocycles. The fourth-order valence-electron chi connectivity index (χ4n) is 0.856. The highest BCUT2D eigenvalue weighted by molar-refractivity contribution is 5.73. The molecule has 0 aromatic carbocycles. The summed E-state index contributed by atoms with van der Waals surface area (Å²) in [4.78, 5) is 15.1. The van der Waals surface area contributed by atoms with E-state index < -0.39 is 6.04 Å². The van der Waals surface area contributed by atoms with Crippen LogP contribution >= 0.6 is 0 Å². The molecule has 0 radical (unpaired) electrons. The smallest absolute Gasteiger partial charge is 0.330 e. The molecular weight excluding hydrogens is 170 g/mol. The third-order valence-corrected chi connectivity index (χ3v) is 1.53. The van der Waals surface area contributed by atoms with E-state index in [1.165, 1.54) is 17.3 Å². The van der Waals surface area contributed by atoms with E-state index in [9.17, 15) is 4.79 Å². The number of nitrogens with zero attached hydrogens (tertiary/aromatic N) is 3. The molecule has 0 saturated heterocycles. The largest absolute Gasteiger partial charge is 0.461 e. The molecule has 1 rings (SSSR count). The molecule has 0 N–H and O–H groups in total. The summed E-state index contributed by atoms with van der Waals surface area (Å²) in [5.74, 6) is -0.291. The molecule has 0 amide bonds. The Hall–Kier alpha value is -1.39. The Kier molecular flexibility index (Phi) is 3.00. The van der Waals surface area contributed by atoms with Crippen molar-refractivity contribution >= 4 is 5.97 Å². The summed E-state index contributed by atoms with van der Waals surface area (Å²) in [6.07, 6.45) is 2.78. The van der Waals surface area contributed by atoms with Gasteiger partial charge in [0.15, 0.2) is 0 Å². The topological polar surface area (TPSA) is 57.0 Å². The molecule has 13 heavy (non-hydrogen) atoms. The molecule has 0 saturated carbocycles. The molecule has 1 heterocycles. The zero-order valence-corrected chi connectivity index (χ0v) is 7.97. The predicted molar refractivity (Wildman–Crippen MR) is 46.0 cm³/mol. The molecule has 0 fully saturated rings. The Balaban J connectivity index is 2.58. The minimum atomic E-state index is -0.412. The molecule has 1 atom stereocenters. The summed E-state index contributed by atoms with van der Waals surface area (Å²) in [5, 5.41) is 3.85. The van der Waals surface area contributed by atoms with Gasteiger partial charge in [-0.15, -0.1) is 0 Å². The molecule has 5 nitrogen and oxygen atoms in total. The van der Waals surface area contributed by atoms with Crippen LogP contribution in [0.2, 0.25) is 0 Å². The first-order valence-corrected chi connectivity index (χ1v) is 4.16. The summed E-state index contributed by atoms with van der Waals surface area (Å²) in [6.45, 7) is 5.34. The zero-order chi connectivity index (χ0) is 9.84. The van der Waals surface area contributed by atoms with Gasteiger partial charge in [-0.05, 0) is 20.8 Å². The van der Waals surface area contributed by atoms with Crippen molar-refractivity contribution < 1.29 is 9.53 Å². The van der Waals surface area contributed by atoms with Gasteiger partial charge in [-0.1, -0.05) is 0 Å². The lowest BCUT2D eigenvalue weighted by molar-refractivity contribution is -0.151. The fraction of sp³-hybridized carbons (Fsp3) is 0.625. The van der Waals surface area contributed by atoms with Crippen LogP contribution in [0.25, 0.3) is 0 Å². The van der Waals surface area contributed by atoms with E-state index in [0.29, 0.717) is 0 Å². The monoisotopic (exact) mass is 183 g/mol. The summed E-state index contributed by atoms with van der Waals surface area (Å²) in [5.41, 5.74) is 0. The Labute approximate surface area is 76.7 Å². The van der Waals surface area contributed by atoms with Crippen LogP contribution in [0.1, 0.15) is 26.8 Å². The van der Waals surface area contributed by atoms with Crippen LogP contribution in [0.3, 0.4) is 0 Å². The van der Waals surface area contributed by atoms with E-state index in [1.807, 2.05) is 13.8 Å². The van der Waals surface area contributed by atoms with E-state index in [4.69, 9.17) is 4.74 Å². The van der Waals surface area contributed by atoms with Crippen LogP contribution in [0.5, 0.6) is 0 Å². The molecule has 1 aromatic heterocycles. The number of hydrogen-bond donors (Lipinski definition) is 0. The Morgan fingerprint density at radius 2 is 2.15 bits per heavy atom. The molecule has 0 bridgehead atoms. The van der Waals surface area contributed by atoms with Crippen molar-refractivity contribution in [1.29, 1.82) is 0 Å². The van der Waals surface area contributed by atoms with Crippen LogP contribution < -0.4 is 0 Å². The molecule has 1 aromatic rings. The summed E-state index contributed by atoms with van der Waals surface area (Å²) in [6, 6.07) is -0.412. The van der Waals surface area contributed by atoms with Gasteiger partial charge in [-0.2, -0.15) is 5.10 Å². The third-order valence-electron chi connectivity index (χ3n) is 1.53. The molecule has 0 aliphatic heterocycles. The summed E-state index contributed by atoms with van der Waals surface area (Å²) in [7, 11) is 0. The average molecular weight is 183 g/mol. The minimum absolute atomic E-state index is 0.0986. The standard InChI is InChI=1S/C8H13N3O2/c1-6(2)13-8(12)7(3)11-5-9-4-10-11/h4-7H,1-3H3. The first-order chi connectivity index (χ1) is 6.11. The zero-order valence-electron chi connectivity index (χ0n) is 7.97. The van der Waals surface area contributed by atoms with Crippen molar-refractivity contribution in [1.82, 2.24) is 14.8 Å². The van der Waals surface area contributed by atoms with Gasteiger partial charge in [0, 0.05) is 0 Å². The first kappa shape index (κ1) is 9.70. The van der Waals surface area contributed by atoms with Crippen molar-refractivity contribution in [2.24, 2.45) is 0 Å². The van der Waals surface area contributed by atoms with Crippen molar-refractivity contribution in [3.8, 4) is 0 Å². The van der Waals surface area contributed by atoms with Gasteiger partial charge < -0.3 is 4.74 Å². The number of carbonyl (C=O) groups excluding carboxylic acids is 1. The minimum Gasteiger partial charge on any atom is -0.461 e. The highest BCUT2D eigenvalue weighted by atomic mass is 16.5. The molecule has 5 heteroatoms. The lowest BCUT2D eigenvalue weighted by Gasteiger charge is -2.13. The van der Waals surface area contributed by atoms with Crippen LogP contribution in [-0.4, -0.2) is 26.8 Å². The van der Waals surface area contributed by atoms with Gasteiger partial charge in [-0.3, -0.25) is 0 Å². The van der Waals surface area contributed by atoms with Gasteiger partial charge in [-0.25, -0.2) is 14.5 Å². The lowest BCUT2D eigenvalue weighted by atomic mass is 10.3. The van der Waals surface area contributed by atoms with E-state index >= 15 is 0 Å². The third kappa shape index (κ3) is 2.54. The van der Waals surface area contributed by atoms with Crippen LogP contribution in [0.15, 0.2) is 12.7 Å². The second-order valence-electron chi connectivity index (χ2n) is 3.04. The van der Waals surface area contributed by atoms with Crippen molar-refractivity contribution in [2.45, 2.75) is 32.9 Å². The number of hydrogen-bond acceptors (Lipinski definition) is 4. The maximum absolute atomic E-state index is 11.3. The van der Waals surface area contributed by atoms with E-state index in [-0.39, 0.29) is 12.1 Å². The number of ether oxygens (including phenoxy) is 1. The summed E-state index contributed by atoms with van der Waals surface area (Å²) >= 11 is 0. The van der Waals surface area contributed by atoms with Crippen molar-refractivity contribution in [3.63, 3.8) is 0 Å².